The van der Waals surface area contributed by atoms with Crippen molar-refractivity contribution in [1.29, 1.82) is 0 Å². The fourth-order valence-electron chi connectivity index (χ4n) is 1.92. The number of aromatic amines is 1. The molecule has 0 saturated heterocycles. The van der Waals surface area contributed by atoms with Crippen molar-refractivity contribution in [2.75, 3.05) is 0 Å². The molecule has 1 aromatic heterocycles. The Balaban J connectivity index is 2.33. The molecule has 2 aromatic rings. The third-order valence-corrected chi connectivity index (χ3v) is 2.91. The van der Waals surface area contributed by atoms with Gasteiger partial charge in [0.15, 0.2) is 0 Å². The van der Waals surface area contributed by atoms with E-state index in [1.165, 1.54) is 5.56 Å². The highest BCUT2D eigenvalue weighted by Gasteiger charge is 2.00. The molecule has 0 atom stereocenters. The van der Waals surface area contributed by atoms with E-state index < -0.39 is 0 Å². The number of hydrogen-bond acceptors (Lipinski definition) is 1. The van der Waals surface area contributed by atoms with Crippen LogP contribution >= 0.6 is 0 Å². The third kappa shape index (κ3) is 2.64. The molecule has 2 nitrogen and oxygen atoms in total. The van der Waals surface area contributed by atoms with E-state index in [2.05, 4.69) is 36.2 Å². The number of aromatic nitrogens is 1. The molecule has 0 saturated carbocycles. The highest BCUT2D eigenvalue weighted by atomic mass is 16.1. The van der Waals surface area contributed by atoms with Crippen LogP contribution in [0.1, 0.15) is 24.5 Å². The first kappa shape index (κ1) is 11.6. The first-order chi connectivity index (χ1) is 8.20. The van der Waals surface area contributed by atoms with E-state index in [4.69, 9.17) is 0 Å². The van der Waals surface area contributed by atoms with Crippen LogP contribution in [0.5, 0.6) is 0 Å². The number of aryl methyl sites for hydroxylation is 2. The average Bonchev–Trinajstić information content (AvgIpc) is 2.34. The van der Waals surface area contributed by atoms with Gasteiger partial charge in [-0.3, -0.25) is 4.79 Å². The largest absolute Gasteiger partial charge is 0.328 e. The van der Waals surface area contributed by atoms with Gasteiger partial charge in [0, 0.05) is 11.8 Å². The fraction of sp³-hybridized carbons (Fsp3) is 0.267. The second kappa shape index (κ2) is 5.00. The zero-order valence-corrected chi connectivity index (χ0v) is 10.3. The van der Waals surface area contributed by atoms with E-state index in [-0.39, 0.29) is 5.56 Å². The normalized spacial score (nSPS) is 10.5. The Morgan fingerprint density at radius 3 is 2.41 bits per heavy atom. The second-order valence-electron chi connectivity index (χ2n) is 4.35. The van der Waals surface area contributed by atoms with E-state index in [0.717, 1.165) is 29.5 Å². The van der Waals surface area contributed by atoms with Crippen molar-refractivity contribution < 1.29 is 0 Å². The van der Waals surface area contributed by atoms with Crippen LogP contribution < -0.4 is 5.56 Å². The van der Waals surface area contributed by atoms with Crippen molar-refractivity contribution in [3.8, 4) is 11.1 Å². The van der Waals surface area contributed by atoms with Gasteiger partial charge in [-0.25, -0.2) is 0 Å². The summed E-state index contributed by atoms with van der Waals surface area (Å²) in [5.41, 5.74) is 4.29. The third-order valence-electron chi connectivity index (χ3n) is 2.91. The minimum absolute atomic E-state index is 0.0173. The van der Waals surface area contributed by atoms with Crippen molar-refractivity contribution in [3.05, 3.63) is 58.0 Å². The SMILES string of the molecule is CCCc1ccc(-c2c[nH]c(=O)c(C)c2)cc1. The number of hydrogen-bond donors (Lipinski definition) is 1. The van der Waals surface area contributed by atoms with E-state index >= 15 is 0 Å². The topological polar surface area (TPSA) is 32.9 Å². The fourth-order valence-corrected chi connectivity index (χ4v) is 1.92. The van der Waals surface area contributed by atoms with Crippen molar-refractivity contribution >= 4 is 0 Å². The number of H-pyrrole nitrogens is 1. The van der Waals surface area contributed by atoms with Gasteiger partial charge in [-0.1, -0.05) is 37.6 Å². The molecule has 2 heteroatoms. The molecule has 2 rings (SSSR count). The lowest BCUT2D eigenvalue weighted by molar-refractivity contribution is 0.922. The monoisotopic (exact) mass is 227 g/mol. The van der Waals surface area contributed by atoms with Gasteiger partial charge >= 0.3 is 0 Å². The standard InChI is InChI=1S/C15H17NO/c1-3-4-12-5-7-13(8-6-12)14-9-11(2)15(17)16-10-14/h5-10H,3-4H2,1-2H3,(H,16,17). The predicted molar refractivity (Wildman–Crippen MR) is 71.2 cm³/mol. The van der Waals surface area contributed by atoms with Crippen molar-refractivity contribution in [2.24, 2.45) is 0 Å². The molecule has 0 aliphatic heterocycles. The summed E-state index contributed by atoms with van der Waals surface area (Å²) in [7, 11) is 0. The van der Waals surface area contributed by atoms with Gasteiger partial charge in [0.2, 0.25) is 0 Å². The van der Waals surface area contributed by atoms with Crippen LogP contribution in [0.15, 0.2) is 41.3 Å². The Bertz CT molecular complexity index is 552. The molecular weight excluding hydrogens is 210 g/mol. The first-order valence-electron chi connectivity index (χ1n) is 5.99. The van der Waals surface area contributed by atoms with Crippen LogP contribution in [0.4, 0.5) is 0 Å². The van der Waals surface area contributed by atoms with E-state index in [0.29, 0.717) is 0 Å². The lowest BCUT2D eigenvalue weighted by Crippen LogP contribution is -2.07. The molecule has 0 aliphatic rings. The van der Waals surface area contributed by atoms with Gasteiger partial charge < -0.3 is 4.98 Å². The summed E-state index contributed by atoms with van der Waals surface area (Å²) >= 11 is 0. The van der Waals surface area contributed by atoms with Gasteiger partial charge in [-0.2, -0.15) is 0 Å². The minimum atomic E-state index is -0.0173. The highest BCUT2D eigenvalue weighted by molar-refractivity contribution is 5.63. The molecule has 0 unspecified atom stereocenters. The highest BCUT2D eigenvalue weighted by Crippen LogP contribution is 2.19. The van der Waals surface area contributed by atoms with Crippen LogP contribution in [0.25, 0.3) is 11.1 Å². The molecule has 1 N–H and O–H groups in total. The Kier molecular flexibility index (Phi) is 3.43. The summed E-state index contributed by atoms with van der Waals surface area (Å²) in [6.45, 7) is 4.01. The quantitative estimate of drug-likeness (QED) is 0.857. The van der Waals surface area contributed by atoms with E-state index in [1.54, 1.807) is 6.20 Å². The Labute approximate surface area is 101 Å². The van der Waals surface area contributed by atoms with Gasteiger partial charge in [0.1, 0.15) is 0 Å². The van der Waals surface area contributed by atoms with Gasteiger partial charge in [-0.05, 0) is 36.1 Å². The summed E-state index contributed by atoms with van der Waals surface area (Å²) in [6.07, 6.45) is 4.05. The van der Waals surface area contributed by atoms with Crippen LogP contribution in [-0.4, -0.2) is 4.98 Å². The Hall–Kier alpha value is -1.83. The first-order valence-corrected chi connectivity index (χ1v) is 5.99. The molecule has 0 amide bonds. The second-order valence-corrected chi connectivity index (χ2v) is 4.35. The van der Waals surface area contributed by atoms with Gasteiger partial charge in [0.05, 0.1) is 0 Å². The molecule has 0 radical (unpaired) electrons. The lowest BCUT2D eigenvalue weighted by atomic mass is 10.0. The molecule has 0 fully saturated rings. The molecule has 1 aromatic carbocycles. The van der Waals surface area contributed by atoms with E-state index in [1.807, 2.05) is 13.0 Å². The Morgan fingerprint density at radius 2 is 1.82 bits per heavy atom. The Morgan fingerprint density at radius 1 is 1.12 bits per heavy atom. The van der Waals surface area contributed by atoms with Crippen LogP contribution in [0.2, 0.25) is 0 Å². The van der Waals surface area contributed by atoms with Crippen LogP contribution in [0.3, 0.4) is 0 Å². The lowest BCUT2D eigenvalue weighted by Gasteiger charge is -2.04. The number of rotatable bonds is 3. The van der Waals surface area contributed by atoms with E-state index in [9.17, 15) is 4.79 Å². The van der Waals surface area contributed by atoms with Gasteiger partial charge in [0.25, 0.3) is 5.56 Å². The smallest absolute Gasteiger partial charge is 0.250 e. The number of nitrogens with one attached hydrogen (secondary N) is 1. The maximum absolute atomic E-state index is 11.3. The molecule has 88 valence electrons. The molecule has 0 spiro atoms. The summed E-state index contributed by atoms with van der Waals surface area (Å²) in [6, 6.07) is 10.4. The molecule has 17 heavy (non-hydrogen) atoms. The molecule has 0 bridgehead atoms. The predicted octanol–water partition coefficient (Wildman–Crippen LogP) is 3.30. The van der Waals surface area contributed by atoms with Crippen LogP contribution in [-0.2, 0) is 6.42 Å². The maximum Gasteiger partial charge on any atom is 0.250 e. The minimum Gasteiger partial charge on any atom is -0.328 e. The van der Waals surface area contributed by atoms with Gasteiger partial charge in [-0.15, -0.1) is 0 Å². The summed E-state index contributed by atoms with van der Waals surface area (Å²) < 4.78 is 0. The van der Waals surface area contributed by atoms with Crippen molar-refractivity contribution in [2.45, 2.75) is 26.7 Å². The zero-order chi connectivity index (χ0) is 12.3. The van der Waals surface area contributed by atoms with Crippen molar-refractivity contribution in [3.63, 3.8) is 0 Å². The summed E-state index contributed by atoms with van der Waals surface area (Å²) in [5, 5.41) is 0. The van der Waals surface area contributed by atoms with Crippen LogP contribution in [0, 0.1) is 6.92 Å². The average molecular weight is 227 g/mol. The maximum atomic E-state index is 11.3. The number of benzene rings is 1. The molecular formula is C15H17NO. The summed E-state index contributed by atoms with van der Waals surface area (Å²) in [5.74, 6) is 0. The summed E-state index contributed by atoms with van der Waals surface area (Å²) in [4.78, 5) is 14.0. The number of pyridine rings is 1. The molecule has 1 heterocycles. The van der Waals surface area contributed by atoms with Crippen molar-refractivity contribution in [1.82, 2.24) is 4.98 Å². The zero-order valence-electron chi connectivity index (χ0n) is 10.3. The molecule has 0 aliphatic carbocycles.